The third-order valence-corrected chi connectivity index (χ3v) is 7.23. The van der Waals surface area contributed by atoms with E-state index in [2.05, 4.69) is 33.9 Å². The van der Waals surface area contributed by atoms with Crippen LogP contribution in [0.1, 0.15) is 81.5 Å². The minimum Gasteiger partial charge on any atom is -0.388 e. The van der Waals surface area contributed by atoms with Crippen molar-refractivity contribution in [2.24, 2.45) is 0 Å². The first-order chi connectivity index (χ1) is 18.2. The number of aromatic nitrogens is 1. The Balaban J connectivity index is 0.00000420. The molecule has 1 saturated heterocycles. The molecule has 4 rings (SSSR count). The molecule has 0 aliphatic carbocycles. The van der Waals surface area contributed by atoms with Crippen LogP contribution in [0.5, 0.6) is 0 Å². The van der Waals surface area contributed by atoms with Crippen molar-refractivity contribution in [3.63, 3.8) is 0 Å². The summed E-state index contributed by atoms with van der Waals surface area (Å²) in [5, 5.41) is 9.52. The van der Waals surface area contributed by atoms with Gasteiger partial charge in [0.25, 0.3) is 5.91 Å². The number of benzene rings is 2. The molecule has 0 bridgehead atoms. The molecule has 0 spiro atoms. The van der Waals surface area contributed by atoms with Gasteiger partial charge in [-0.25, -0.2) is 11.6 Å². The molecule has 2 aromatic carbocycles. The molecule has 39 heavy (non-hydrogen) atoms. The van der Waals surface area contributed by atoms with Crippen LogP contribution in [-0.4, -0.2) is 41.7 Å². The molecule has 1 aliphatic rings. The van der Waals surface area contributed by atoms with Crippen LogP contribution in [0.4, 0.5) is 0 Å². The third-order valence-electron chi connectivity index (χ3n) is 7.23. The van der Waals surface area contributed by atoms with Crippen molar-refractivity contribution in [1.29, 1.82) is 0 Å². The maximum absolute atomic E-state index is 13.2. The molecule has 4 N–H and O–H groups in total. The predicted molar refractivity (Wildman–Crippen MR) is 149 cm³/mol. The first-order valence-electron chi connectivity index (χ1n) is 12.9. The van der Waals surface area contributed by atoms with Gasteiger partial charge in [-0.05, 0) is 70.4 Å². The maximum atomic E-state index is 13.2. The largest absolute Gasteiger partial charge is 2.00 e. The van der Waals surface area contributed by atoms with E-state index in [0.29, 0.717) is 22.4 Å². The topological polar surface area (TPSA) is 103 Å². The molecule has 7 nitrogen and oxygen atoms in total. The SMILES string of the molecule is Cc1[nH]c(/C=C(\[C-]=O)c2[c-]ccc(C(=O)NC(C)c3ccccc3)c2)c(C)c1C(=O)NC1(C)CCNCC1.[W+2]. The number of rotatable bonds is 8. The standard InChI is InChI=1S/C31H34N4O3.W/c1-20-27(33-22(3)28(20)30(38)35-31(4)13-15-32-16-14-31)18-26(19-36)24-11-8-12-25(17-24)29(37)34-21(2)23-9-6-5-7-10-23;/h5-10,12,17-18,21,32-33H,13-16H2,1-4H3,(H,34,37)(H,35,38);/q-2;+2/b26-18+;. The predicted octanol–water partition coefficient (Wildman–Crippen LogP) is 4.44. The van der Waals surface area contributed by atoms with Gasteiger partial charge in [0, 0.05) is 17.5 Å². The summed E-state index contributed by atoms with van der Waals surface area (Å²) in [5.74, 6) is -0.381. The van der Waals surface area contributed by atoms with E-state index in [1.165, 1.54) is 0 Å². The van der Waals surface area contributed by atoms with E-state index in [0.717, 1.165) is 42.8 Å². The smallest absolute Gasteiger partial charge is 0.388 e. The van der Waals surface area contributed by atoms with Gasteiger partial charge in [0.2, 0.25) is 5.91 Å². The van der Waals surface area contributed by atoms with Crippen LogP contribution in [0.25, 0.3) is 11.6 Å². The number of piperidine rings is 1. The second kappa shape index (κ2) is 13.2. The van der Waals surface area contributed by atoms with E-state index < -0.39 is 0 Å². The molecular weight excluding hydrogens is 660 g/mol. The molecule has 1 unspecified atom stereocenters. The Morgan fingerprint density at radius 1 is 1.10 bits per heavy atom. The summed E-state index contributed by atoms with van der Waals surface area (Å²) in [6.45, 7) is 9.43. The van der Waals surface area contributed by atoms with Crippen molar-refractivity contribution in [2.45, 2.75) is 52.1 Å². The van der Waals surface area contributed by atoms with Crippen molar-refractivity contribution >= 4 is 29.7 Å². The van der Waals surface area contributed by atoms with Gasteiger partial charge in [-0.3, -0.25) is 15.2 Å². The maximum Gasteiger partial charge on any atom is 2.00 e. The summed E-state index contributed by atoms with van der Waals surface area (Å²) < 4.78 is 0. The van der Waals surface area contributed by atoms with E-state index in [1.54, 1.807) is 24.3 Å². The monoisotopic (exact) mass is 694 g/mol. The molecule has 1 aromatic heterocycles. The molecule has 3 aromatic rings. The first-order valence-corrected chi connectivity index (χ1v) is 12.9. The van der Waals surface area contributed by atoms with Gasteiger partial charge in [0.15, 0.2) is 0 Å². The van der Waals surface area contributed by atoms with Gasteiger partial charge < -0.3 is 25.7 Å². The summed E-state index contributed by atoms with van der Waals surface area (Å²) in [6.07, 6.45) is 5.35. The number of carbonyl (C=O) groups is 2. The van der Waals surface area contributed by atoms with Crippen LogP contribution in [0.3, 0.4) is 0 Å². The fourth-order valence-electron chi connectivity index (χ4n) is 4.87. The number of allylic oxidation sites excluding steroid dienone is 1. The van der Waals surface area contributed by atoms with Crippen molar-refractivity contribution in [1.82, 2.24) is 20.9 Å². The number of nitrogens with one attached hydrogen (secondary N) is 4. The number of hydrogen-bond acceptors (Lipinski definition) is 4. The van der Waals surface area contributed by atoms with E-state index in [1.807, 2.05) is 57.4 Å². The second-order valence-electron chi connectivity index (χ2n) is 10.2. The van der Waals surface area contributed by atoms with E-state index in [9.17, 15) is 14.4 Å². The number of aromatic amines is 1. The number of aryl methyl sites for hydroxylation is 1. The summed E-state index contributed by atoms with van der Waals surface area (Å²) in [5.41, 5.74) is 4.52. The Morgan fingerprint density at radius 2 is 1.79 bits per heavy atom. The van der Waals surface area contributed by atoms with Crippen molar-refractivity contribution in [3.05, 3.63) is 93.8 Å². The summed E-state index contributed by atoms with van der Waals surface area (Å²) in [6, 6.07) is 17.5. The Hall–Kier alpha value is -3.28. The van der Waals surface area contributed by atoms with Crippen molar-refractivity contribution in [3.8, 4) is 0 Å². The Kier molecular flexibility index (Phi) is 10.2. The van der Waals surface area contributed by atoms with E-state index in [4.69, 9.17) is 0 Å². The van der Waals surface area contributed by atoms with Crippen LogP contribution >= 0.6 is 0 Å². The van der Waals surface area contributed by atoms with Crippen LogP contribution < -0.4 is 16.0 Å². The van der Waals surface area contributed by atoms with Gasteiger partial charge in [-0.15, -0.1) is 6.07 Å². The molecule has 1 atom stereocenters. The van der Waals surface area contributed by atoms with Gasteiger partial charge in [-0.2, -0.15) is 18.2 Å². The fraction of sp³-hybridized carbons (Fsp3) is 0.323. The Bertz CT molecular complexity index is 1360. The summed E-state index contributed by atoms with van der Waals surface area (Å²) >= 11 is 0. The number of carbonyl (C=O) groups excluding carboxylic acids is 3. The zero-order valence-electron chi connectivity index (χ0n) is 22.7. The Morgan fingerprint density at radius 3 is 2.46 bits per heavy atom. The van der Waals surface area contributed by atoms with Crippen LogP contribution in [0, 0.1) is 19.9 Å². The first kappa shape index (κ1) is 30.3. The zero-order chi connectivity index (χ0) is 27.3. The van der Waals surface area contributed by atoms with Gasteiger partial charge in [-0.1, -0.05) is 35.9 Å². The van der Waals surface area contributed by atoms with E-state index >= 15 is 0 Å². The molecule has 2 amide bonds. The van der Waals surface area contributed by atoms with E-state index in [-0.39, 0.29) is 50.0 Å². The van der Waals surface area contributed by atoms with Gasteiger partial charge in [0.05, 0.1) is 11.6 Å². The zero-order valence-corrected chi connectivity index (χ0v) is 25.7. The summed E-state index contributed by atoms with van der Waals surface area (Å²) in [4.78, 5) is 41.3. The molecule has 202 valence electrons. The molecule has 0 radical (unpaired) electrons. The molecule has 0 saturated carbocycles. The second-order valence-corrected chi connectivity index (χ2v) is 10.2. The number of amides is 2. The summed E-state index contributed by atoms with van der Waals surface area (Å²) in [7, 11) is 0. The van der Waals surface area contributed by atoms with Crippen molar-refractivity contribution in [2.75, 3.05) is 13.1 Å². The van der Waals surface area contributed by atoms with Crippen LogP contribution in [0.2, 0.25) is 0 Å². The minimum atomic E-state index is -0.260. The van der Waals surface area contributed by atoms with Crippen molar-refractivity contribution < 1.29 is 35.4 Å². The molecule has 8 heteroatoms. The minimum absolute atomic E-state index is 0. The molecule has 1 aliphatic heterocycles. The van der Waals surface area contributed by atoms with Gasteiger partial charge >= 0.3 is 21.1 Å². The quantitative estimate of drug-likeness (QED) is 0.207. The normalized spacial score (nSPS) is 15.5. The number of hydrogen-bond donors (Lipinski definition) is 4. The Labute approximate surface area is 244 Å². The average molecular weight is 694 g/mol. The van der Waals surface area contributed by atoms with Crippen LogP contribution in [0.15, 0.2) is 48.5 Å². The molecule has 2 heterocycles. The fourth-order valence-corrected chi connectivity index (χ4v) is 4.87. The van der Waals surface area contributed by atoms with Crippen LogP contribution in [-0.2, 0) is 25.9 Å². The number of H-pyrrole nitrogens is 1. The molecule has 1 fully saturated rings. The third kappa shape index (κ3) is 7.23. The van der Waals surface area contributed by atoms with Gasteiger partial charge in [0.1, 0.15) is 0 Å². The molecular formula is C31H34N4O3W. The average Bonchev–Trinajstić information content (AvgIpc) is 3.20.